The van der Waals surface area contributed by atoms with Gasteiger partial charge in [0.1, 0.15) is 0 Å². The zero-order chi connectivity index (χ0) is 13.8. The quantitative estimate of drug-likeness (QED) is 0.931. The van der Waals surface area contributed by atoms with Gasteiger partial charge in [0.25, 0.3) is 0 Å². The van der Waals surface area contributed by atoms with Crippen LogP contribution in [0.25, 0.3) is 0 Å². The Morgan fingerprint density at radius 2 is 1.95 bits per heavy atom. The van der Waals surface area contributed by atoms with Crippen LogP contribution < -0.4 is 5.73 Å². The summed E-state index contributed by atoms with van der Waals surface area (Å²) < 4.78 is 0. The summed E-state index contributed by atoms with van der Waals surface area (Å²) in [7, 11) is 1.90. The minimum atomic E-state index is 0. The fourth-order valence-corrected chi connectivity index (χ4v) is 2.89. The van der Waals surface area contributed by atoms with Crippen LogP contribution in [0.15, 0.2) is 30.3 Å². The van der Waals surface area contributed by atoms with E-state index in [9.17, 15) is 4.79 Å². The fraction of sp³-hybridized carbons (Fsp3) is 0.562. The van der Waals surface area contributed by atoms with E-state index in [4.69, 9.17) is 5.73 Å². The molecule has 1 aromatic carbocycles. The largest absolute Gasteiger partial charge is 0.339 e. The van der Waals surface area contributed by atoms with E-state index < -0.39 is 0 Å². The average Bonchev–Trinajstić information content (AvgIpc) is 2.46. The van der Waals surface area contributed by atoms with Gasteiger partial charge < -0.3 is 10.6 Å². The number of halogens is 1. The maximum atomic E-state index is 12.5. The van der Waals surface area contributed by atoms with E-state index in [1.54, 1.807) is 0 Å². The van der Waals surface area contributed by atoms with Gasteiger partial charge in [0.15, 0.2) is 0 Å². The van der Waals surface area contributed by atoms with Crippen LogP contribution in [0.5, 0.6) is 0 Å². The molecule has 1 saturated carbocycles. The van der Waals surface area contributed by atoms with E-state index in [1.807, 2.05) is 30.1 Å². The Morgan fingerprint density at radius 1 is 1.30 bits per heavy atom. The van der Waals surface area contributed by atoms with Crippen molar-refractivity contribution >= 4 is 18.3 Å². The minimum absolute atomic E-state index is 0. The van der Waals surface area contributed by atoms with Gasteiger partial charge in [0, 0.05) is 19.0 Å². The maximum Gasteiger partial charge on any atom is 0.225 e. The Kier molecular flexibility index (Phi) is 6.50. The summed E-state index contributed by atoms with van der Waals surface area (Å²) in [6, 6.07) is 10.5. The minimum Gasteiger partial charge on any atom is -0.339 e. The first-order chi connectivity index (χ1) is 9.09. The van der Waals surface area contributed by atoms with E-state index in [0.29, 0.717) is 0 Å². The summed E-state index contributed by atoms with van der Waals surface area (Å²) in [5.41, 5.74) is 7.16. The second-order valence-electron chi connectivity index (χ2n) is 5.66. The Balaban J connectivity index is 0.00000200. The fourth-order valence-electron chi connectivity index (χ4n) is 2.89. The molecule has 112 valence electrons. The predicted octanol–water partition coefficient (Wildman–Crippen LogP) is 3.15. The number of hydrogen-bond donors (Lipinski definition) is 1. The van der Waals surface area contributed by atoms with Gasteiger partial charge in [-0.2, -0.15) is 0 Å². The van der Waals surface area contributed by atoms with Crippen molar-refractivity contribution in [3.05, 3.63) is 35.9 Å². The molecule has 0 aliphatic heterocycles. The normalized spacial score (nSPS) is 23.6. The maximum absolute atomic E-state index is 12.5. The average molecular weight is 297 g/mol. The molecule has 0 heterocycles. The molecule has 3 atom stereocenters. The lowest BCUT2D eigenvalue weighted by molar-refractivity contribution is -0.137. The van der Waals surface area contributed by atoms with Crippen LogP contribution in [0.4, 0.5) is 0 Å². The molecular formula is C16H25ClN2O. The van der Waals surface area contributed by atoms with Crippen molar-refractivity contribution < 1.29 is 4.79 Å². The second-order valence-corrected chi connectivity index (χ2v) is 5.66. The molecule has 3 unspecified atom stereocenters. The number of carbonyl (C=O) groups excluding carboxylic acids is 1. The molecule has 0 radical (unpaired) electrons. The van der Waals surface area contributed by atoms with Crippen molar-refractivity contribution in [1.29, 1.82) is 0 Å². The third-order valence-corrected chi connectivity index (χ3v) is 4.27. The third kappa shape index (κ3) is 3.97. The van der Waals surface area contributed by atoms with E-state index in [1.165, 1.54) is 5.56 Å². The van der Waals surface area contributed by atoms with Gasteiger partial charge in [0.05, 0.1) is 6.04 Å². The highest BCUT2D eigenvalue weighted by atomic mass is 35.5. The summed E-state index contributed by atoms with van der Waals surface area (Å²) in [6.07, 6.45) is 3.95. The van der Waals surface area contributed by atoms with Crippen LogP contribution in [-0.4, -0.2) is 23.9 Å². The molecule has 0 bridgehead atoms. The van der Waals surface area contributed by atoms with Gasteiger partial charge >= 0.3 is 0 Å². The summed E-state index contributed by atoms with van der Waals surface area (Å²) in [5.74, 6) is 0.353. The number of nitrogens with zero attached hydrogens (tertiary/aromatic N) is 1. The van der Waals surface area contributed by atoms with Crippen molar-refractivity contribution in [1.82, 2.24) is 4.90 Å². The van der Waals surface area contributed by atoms with E-state index in [2.05, 4.69) is 19.1 Å². The summed E-state index contributed by atoms with van der Waals surface area (Å²) >= 11 is 0. The van der Waals surface area contributed by atoms with Crippen molar-refractivity contribution in [2.24, 2.45) is 11.7 Å². The Hall–Kier alpha value is -1.06. The molecule has 2 N–H and O–H groups in total. The van der Waals surface area contributed by atoms with Crippen LogP contribution in [0, 0.1) is 5.92 Å². The Bertz CT molecular complexity index is 424. The highest BCUT2D eigenvalue weighted by molar-refractivity contribution is 5.85. The van der Waals surface area contributed by atoms with E-state index >= 15 is 0 Å². The lowest BCUT2D eigenvalue weighted by Crippen LogP contribution is -2.39. The van der Waals surface area contributed by atoms with Crippen molar-refractivity contribution in [3.8, 4) is 0 Å². The van der Waals surface area contributed by atoms with Crippen LogP contribution in [-0.2, 0) is 4.79 Å². The van der Waals surface area contributed by atoms with Gasteiger partial charge in [-0.15, -0.1) is 12.4 Å². The SMILES string of the molecule is CC(c1ccccc1)N(C)C(=O)C1CCCC(N)C1.Cl. The predicted molar refractivity (Wildman–Crippen MR) is 84.8 cm³/mol. The standard InChI is InChI=1S/C16H24N2O.ClH/c1-12(13-7-4-3-5-8-13)18(2)16(19)14-9-6-10-15(17)11-14;/h3-5,7-8,12,14-15H,6,9-11,17H2,1-2H3;1H. The molecule has 0 spiro atoms. The molecule has 1 aliphatic rings. The first-order valence-corrected chi connectivity index (χ1v) is 7.16. The van der Waals surface area contributed by atoms with Crippen LogP contribution in [0.1, 0.15) is 44.2 Å². The second kappa shape index (κ2) is 7.65. The monoisotopic (exact) mass is 296 g/mol. The molecule has 2 rings (SSSR count). The molecule has 4 heteroatoms. The van der Waals surface area contributed by atoms with Crippen molar-refractivity contribution in [2.75, 3.05) is 7.05 Å². The Morgan fingerprint density at radius 3 is 2.55 bits per heavy atom. The topological polar surface area (TPSA) is 46.3 Å². The number of nitrogens with two attached hydrogens (primary N) is 1. The number of carbonyl (C=O) groups is 1. The van der Waals surface area contributed by atoms with Crippen LogP contribution in [0.3, 0.4) is 0 Å². The smallest absolute Gasteiger partial charge is 0.225 e. The highest BCUT2D eigenvalue weighted by Gasteiger charge is 2.29. The van der Waals surface area contributed by atoms with Gasteiger partial charge in [0.2, 0.25) is 5.91 Å². The van der Waals surface area contributed by atoms with E-state index in [-0.39, 0.29) is 36.3 Å². The number of amides is 1. The van der Waals surface area contributed by atoms with Gasteiger partial charge in [-0.3, -0.25) is 4.79 Å². The summed E-state index contributed by atoms with van der Waals surface area (Å²) in [5, 5.41) is 0. The zero-order valence-electron chi connectivity index (χ0n) is 12.3. The molecule has 0 aromatic heterocycles. The van der Waals surface area contributed by atoms with Crippen molar-refractivity contribution in [3.63, 3.8) is 0 Å². The lowest BCUT2D eigenvalue weighted by atomic mass is 9.85. The molecule has 1 fully saturated rings. The summed E-state index contributed by atoms with van der Waals surface area (Å²) in [6.45, 7) is 2.08. The number of benzene rings is 1. The van der Waals surface area contributed by atoms with Crippen LogP contribution >= 0.6 is 12.4 Å². The first kappa shape index (κ1) is 17.0. The molecular weight excluding hydrogens is 272 g/mol. The van der Waals surface area contributed by atoms with Gasteiger partial charge in [-0.25, -0.2) is 0 Å². The van der Waals surface area contributed by atoms with Crippen molar-refractivity contribution in [2.45, 2.75) is 44.7 Å². The highest BCUT2D eigenvalue weighted by Crippen LogP contribution is 2.28. The van der Waals surface area contributed by atoms with Gasteiger partial charge in [-0.05, 0) is 31.7 Å². The summed E-state index contributed by atoms with van der Waals surface area (Å²) in [4.78, 5) is 14.4. The molecule has 0 saturated heterocycles. The molecule has 3 nitrogen and oxygen atoms in total. The van der Waals surface area contributed by atoms with Crippen LogP contribution in [0.2, 0.25) is 0 Å². The first-order valence-electron chi connectivity index (χ1n) is 7.16. The zero-order valence-corrected chi connectivity index (χ0v) is 13.1. The molecule has 1 aliphatic carbocycles. The third-order valence-electron chi connectivity index (χ3n) is 4.27. The Labute approximate surface area is 127 Å². The molecule has 1 aromatic rings. The van der Waals surface area contributed by atoms with Gasteiger partial charge in [-0.1, -0.05) is 36.8 Å². The number of hydrogen-bond acceptors (Lipinski definition) is 2. The number of rotatable bonds is 3. The lowest BCUT2D eigenvalue weighted by Gasteiger charge is -2.32. The van der Waals surface area contributed by atoms with E-state index in [0.717, 1.165) is 25.7 Å². The molecule has 20 heavy (non-hydrogen) atoms. The molecule has 1 amide bonds.